The lowest BCUT2D eigenvalue weighted by Gasteiger charge is -1.99. The Morgan fingerprint density at radius 3 is 2.50 bits per heavy atom. The first-order valence-electron chi connectivity index (χ1n) is 6.93. The van der Waals surface area contributed by atoms with Gasteiger partial charge in [0.1, 0.15) is 17.3 Å². The molecule has 6 heteroatoms. The highest BCUT2D eigenvalue weighted by atomic mass is 32.1. The Labute approximate surface area is 132 Å². The van der Waals surface area contributed by atoms with Crippen molar-refractivity contribution in [3.05, 3.63) is 52.1 Å². The Balaban J connectivity index is 1.76. The number of rotatable bonds is 4. The third-order valence-corrected chi connectivity index (χ3v) is 4.45. The fourth-order valence-corrected chi connectivity index (χ4v) is 2.83. The molecule has 4 nitrogen and oxygen atoms in total. The van der Waals surface area contributed by atoms with E-state index in [2.05, 4.69) is 15.3 Å². The normalized spacial score (nSPS) is 10.9. The molecule has 1 aromatic carbocycles. The molecule has 0 amide bonds. The summed E-state index contributed by atoms with van der Waals surface area (Å²) in [5.74, 6) is 0.973. The maximum absolute atomic E-state index is 13.0. The van der Waals surface area contributed by atoms with E-state index in [1.54, 1.807) is 23.5 Å². The minimum Gasteiger partial charge on any atom is -0.441 e. The van der Waals surface area contributed by atoms with Crippen LogP contribution in [0.4, 0.5) is 9.52 Å². The molecule has 0 aliphatic carbocycles. The van der Waals surface area contributed by atoms with Gasteiger partial charge in [-0.15, -0.1) is 11.3 Å². The molecular weight excluding hydrogens is 301 g/mol. The Bertz CT molecular complexity index is 773. The summed E-state index contributed by atoms with van der Waals surface area (Å²) in [7, 11) is 0. The monoisotopic (exact) mass is 317 g/mol. The van der Waals surface area contributed by atoms with E-state index < -0.39 is 0 Å². The van der Waals surface area contributed by atoms with E-state index >= 15 is 0 Å². The fourth-order valence-electron chi connectivity index (χ4n) is 2.02. The molecule has 3 aromatic rings. The number of hydrogen-bond acceptors (Lipinski definition) is 5. The maximum atomic E-state index is 13.0. The minimum atomic E-state index is -0.275. The van der Waals surface area contributed by atoms with E-state index in [9.17, 15) is 4.39 Å². The highest BCUT2D eigenvalue weighted by Gasteiger charge is 2.12. The number of halogens is 1. The highest BCUT2D eigenvalue weighted by Crippen LogP contribution is 2.24. The summed E-state index contributed by atoms with van der Waals surface area (Å²) in [4.78, 5) is 10.1. The number of nitrogens with zero attached hydrogens (tertiary/aromatic N) is 2. The highest BCUT2D eigenvalue weighted by molar-refractivity contribution is 7.15. The fraction of sp³-hybridized carbons (Fsp3) is 0.250. The Morgan fingerprint density at radius 2 is 1.86 bits per heavy atom. The van der Waals surface area contributed by atoms with Crippen molar-refractivity contribution in [3.8, 4) is 11.5 Å². The van der Waals surface area contributed by atoms with Gasteiger partial charge in [0.2, 0.25) is 5.89 Å². The van der Waals surface area contributed by atoms with Crippen molar-refractivity contribution >= 4 is 16.5 Å². The molecule has 0 saturated heterocycles. The maximum Gasteiger partial charge on any atom is 0.226 e. The zero-order valence-electron chi connectivity index (χ0n) is 12.6. The summed E-state index contributed by atoms with van der Waals surface area (Å²) in [5, 5.41) is 4.14. The molecule has 1 N–H and O–H groups in total. The summed E-state index contributed by atoms with van der Waals surface area (Å²) >= 11 is 1.62. The van der Waals surface area contributed by atoms with Crippen LogP contribution in [0.15, 0.2) is 28.7 Å². The van der Waals surface area contributed by atoms with Crippen LogP contribution in [0.1, 0.15) is 22.0 Å². The molecule has 0 unspecified atom stereocenters. The van der Waals surface area contributed by atoms with Gasteiger partial charge in [0.25, 0.3) is 0 Å². The smallest absolute Gasteiger partial charge is 0.226 e. The Morgan fingerprint density at radius 1 is 1.14 bits per heavy atom. The van der Waals surface area contributed by atoms with Crippen LogP contribution in [-0.4, -0.2) is 9.97 Å². The molecule has 114 valence electrons. The molecule has 0 atom stereocenters. The number of nitrogens with one attached hydrogen (secondary N) is 1. The van der Waals surface area contributed by atoms with Crippen LogP contribution in [0.5, 0.6) is 0 Å². The van der Waals surface area contributed by atoms with Gasteiger partial charge in [0.05, 0.1) is 12.2 Å². The van der Waals surface area contributed by atoms with Crippen molar-refractivity contribution in [1.29, 1.82) is 0 Å². The molecule has 0 fully saturated rings. The molecule has 0 spiro atoms. The van der Waals surface area contributed by atoms with Gasteiger partial charge in [-0.05, 0) is 45.0 Å². The number of anilines is 1. The quantitative estimate of drug-likeness (QED) is 0.771. The Kier molecular flexibility index (Phi) is 3.94. The van der Waals surface area contributed by atoms with Crippen LogP contribution in [0.2, 0.25) is 0 Å². The van der Waals surface area contributed by atoms with Crippen LogP contribution < -0.4 is 5.32 Å². The average Bonchev–Trinajstić information content (AvgIpc) is 3.01. The summed E-state index contributed by atoms with van der Waals surface area (Å²) in [6.45, 7) is 6.45. The molecular formula is C16H16FN3OS. The molecule has 22 heavy (non-hydrogen) atoms. The van der Waals surface area contributed by atoms with Crippen molar-refractivity contribution in [2.75, 3.05) is 5.32 Å². The molecule has 2 heterocycles. The molecule has 3 rings (SSSR count). The van der Waals surface area contributed by atoms with Gasteiger partial charge >= 0.3 is 0 Å². The van der Waals surface area contributed by atoms with Gasteiger partial charge in [0, 0.05) is 10.4 Å². The third kappa shape index (κ3) is 3.01. The average molecular weight is 317 g/mol. The third-order valence-electron chi connectivity index (χ3n) is 3.42. The summed E-state index contributed by atoms with van der Waals surface area (Å²) in [6, 6.07) is 6.11. The van der Waals surface area contributed by atoms with Gasteiger partial charge in [-0.2, -0.15) is 0 Å². The number of benzene rings is 1. The van der Waals surface area contributed by atoms with E-state index in [0.29, 0.717) is 12.4 Å². The van der Waals surface area contributed by atoms with Gasteiger partial charge in [0.15, 0.2) is 5.13 Å². The first-order chi connectivity index (χ1) is 10.5. The zero-order valence-corrected chi connectivity index (χ0v) is 13.4. The van der Waals surface area contributed by atoms with Gasteiger partial charge < -0.3 is 9.73 Å². The van der Waals surface area contributed by atoms with E-state index in [0.717, 1.165) is 27.8 Å². The molecule has 0 bridgehead atoms. The first kappa shape index (κ1) is 14.7. The second kappa shape index (κ2) is 5.88. The van der Waals surface area contributed by atoms with Crippen molar-refractivity contribution < 1.29 is 8.81 Å². The number of aryl methyl sites for hydroxylation is 3. The largest absolute Gasteiger partial charge is 0.441 e. The van der Waals surface area contributed by atoms with Gasteiger partial charge in [-0.3, -0.25) is 0 Å². The van der Waals surface area contributed by atoms with E-state index in [1.807, 2.05) is 20.8 Å². The van der Waals surface area contributed by atoms with Crippen molar-refractivity contribution in [2.24, 2.45) is 0 Å². The standard InChI is InChI=1S/C16H16FN3OS/c1-9-11(3)22-16(19-9)18-8-14-10(2)21-15(20-14)12-4-6-13(17)7-5-12/h4-7H,8H2,1-3H3,(H,18,19). The molecule has 0 radical (unpaired) electrons. The number of hydrogen-bond donors (Lipinski definition) is 1. The zero-order chi connectivity index (χ0) is 15.7. The van der Waals surface area contributed by atoms with Crippen LogP contribution >= 0.6 is 11.3 Å². The first-order valence-corrected chi connectivity index (χ1v) is 7.74. The van der Waals surface area contributed by atoms with Crippen LogP contribution in [0.25, 0.3) is 11.5 Å². The summed E-state index contributed by atoms with van der Waals surface area (Å²) in [5.41, 5.74) is 2.62. The predicted octanol–water partition coefficient (Wildman–Crippen LogP) is 4.47. The van der Waals surface area contributed by atoms with Crippen molar-refractivity contribution in [3.63, 3.8) is 0 Å². The number of thiazole rings is 1. The van der Waals surface area contributed by atoms with Gasteiger partial charge in [-0.1, -0.05) is 0 Å². The topological polar surface area (TPSA) is 51.0 Å². The lowest BCUT2D eigenvalue weighted by Crippen LogP contribution is -2.00. The van der Waals surface area contributed by atoms with Crippen LogP contribution in [0.3, 0.4) is 0 Å². The Hall–Kier alpha value is -2.21. The van der Waals surface area contributed by atoms with Crippen LogP contribution in [-0.2, 0) is 6.54 Å². The summed E-state index contributed by atoms with van der Waals surface area (Å²) < 4.78 is 18.6. The SMILES string of the molecule is Cc1nc(NCc2nc(-c3ccc(F)cc3)oc2C)sc1C. The lowest BCUT2D eigenvalue weighted by molar-refractivity contribution is 0.539. The molecule has 0 aliphatic rings. The predicted molar refractivity (Wildman–Crippen MR) is 85.5 cm³/mol. The van der Waals surface area contributed by atoms with Crippen molar-refractivity contribution in [1.82, 2.24) is 9.97 Å². The number of aromatic nitrogens is 2. The van der Waals surface area contributed by atoms with Crippen LogP contribution in [0, 0.1) is 26.6 Å². The lowest BCUT2D eigenvalue weighted by atomic mass is 10.2. The van der Waals surface area contributed by atoms with Gasteiger partial charge in [-0.25, -0.2) is 14.4 Å². The second-order valence-electron chi connectivity index (χ2n) is 5.04. The minimum absolute atomic E-state index is 0.275. The van der Waals surface area contributed by atoms with Crippen molar-refractivity contribution in [2.45, 2.75) is 27.3 Å². The number of oxazole rings is 1. The molecule has 0 saturated carbocycles. The van der Waals surface area contributed by atoms with E-state index in [4.69, 9.17) is 4.42 Å². The van der Waals surface area contributed by atoms with E-state index in [1.165, 1.54) is 17.0 Å². The second-order valence-corrected chi connectivity index (χ2v) is 6.25. The summed E-state index contributed by atoms with van der Waals surface area (Å²) in [6.07, 6.45) is 0. The molecule has 2 aromatic heterocycles. The van der Waals surface area contributed by atoms with E-state index in [-0.39, 0.29) is 5.82 Å². The molecule has 0 aliphatic heterocycles.